The predicted octanol–water partition coefficient (Wildman–Crippen LogP) is 1.85. The fraction of sp³-hybridized carbons (Fsp3) is 0.333. The van der Waals surface area contributed by atoms with Crippen LogP contribution in [0.5, 0.6) is 0 Å². The number of carbonyl (C=O) groups is 2. The SMILES string of the molecule is C=C(C)C[C@@H](NC(=O)Cc1ccccc1)C(=O)OC. The molecule has 0 aromatic heterocycles. The third kappa shape index (κ3) is 5.38. The lowest BCUT2D eigenvalue weighted by molar-refractivity contribution is -0.145. The average Bonchev–Trinajstić information content (AvgIpc) is 2.37. The van der Waals surface area contributed by atoms with Gasteiger partial charge in [-0.2, -0.15) is 0 Å². The number of hydrogen-bond donors (Lipinski definition) is 1. The fourth-order valence-electron chi connectivity index (χ4n) is 1.71. The molecule has 1 rings (SSSR count). The van der Waals surface area contributed by atoms with Crippen molar-refractivity contribution in [2.45, 2.75) is 25.8 Å². The van der Waals surface area contributed by atoms with E-state index in [1.54, 1.807) is 6.92 Å². The molecule has 4 heteroatoms. The van der Waals surface area contributed by atoms with Crippen LogP contribution in [0.3, 0.4) is 0 Å². The Balaban J connectivity index is 2.61. The van der Waals surface area contributed by atoms with Crippen molar-refractivity contribution in [2.75, 3.05) is 7.11 Å². The summed E-state index contributed by atoms with van der Waals surface area (Å²) in [6.07, 6.45) is 0.623. The number of esters is 1. The Hall–Kier alpha value is -2.10. The molecule has 0 spiro atoms. The molecule has 0 unspecified atom stereocenters. The van der Waals surface area contributed by atoms with Gasteiger partial charge in [-0.15, -0.1) is 6.58 Å². The first-order chi connectivity index (χ1) is 9.02. The van der Waals surface area contributed by atoms with Gasteiger partial charge in [0.05, 0.1) is 13.5 Å². The maximum Gasteiger partial charge on any atom is 0.328 e. The molecule has 1 N–H and O–H groups in total. The molecule has 0 aliphatic rings. The van der Waals surface area contributed by atoms with Gasteiger partial charge in [0.1, 0.15) is 6.04 Å². The molecule has 1 aromatic rings. The molecule has 0 aliphatic carbocycles. The number of amides is 1. The average molecular weight is 261 g/mol. The molecule has 4 nitrogen and oxygen atoms in total. The molecule has 0 saturated heterocycles. The van der Waals surface area contributed by atoms with E-state index in [1.807, 2.05) is 30.3 Å². The lowest BCUT2D eigenvalue weighted by Gasteiger charge is -2.16. The first-order valence-electron chi connectivity index (χ1n) is 6.08. The van der Waals surface area contributed by atoms with Crippen LogP contribution in [0.4, 0.5) is 0 Å². The molecule has 0 aliphatic heterocycles. The summed E-state index contributed by atoms with van der Waals surface area (Å²) in [5.74, 6) is -0.660. The first-order valence-corrected chi connectivity index (χ1v) is 6.08. The Labute approximate surface area is 113 Å². The highest BCUT2D eigenvalue weighted by molar-refractivity contribution is 5.85. The van der Waals surface area contributed by atoms with Crippen molar-refractivity contribution in [3.05, 3.63) is 48.0 Å². The zero-order valence-electron chi connectivity index (χ0n) is 11.3. The molecular formula is C15H19NO3. The molecule has 0 bridgehead atoms. The zero-order valence-corrected chi connectivity index (χ0v) is 11.3. The van der Waals surface area contributed by atoms with E-state index in [0.717, 1.165) is 11.1 Å². The van der Waals surface area contributed by atoms with Crippen molar-refractivity contribution in [3.8, 4) is 0 Å². The van der Waals surface area contributed by atoms with Crippen molar-refractivity contribution in [1.82, 2.24) is 5.32 Å². The minimum Gasteiger partial charge on any atom is -0.467 e. The van der Waals surface area contributed by atoms with Gasteiger partial charge in [-0.1, -0.05) is 35.9 Å². The van der Waals surface area contributed by atoms with Crippen LogP contribution in [0.15, 0.2) is 42.5 Å². The van der Waals surface area contributed by atoms with Crippen molar-refractivity contribution >= 4 is 11.9 Å². The lowest BCUT2D eigenvalue weighted by Crippen LogP contribution is -2.42. The third-order valence-electron chi connectivity index (χ3n) is 2.58. The van der Waals surface area contributed by atoms with Gasteiger partial charge in [0.2, 0.25) is 5.91 Å². The van der Waals surface area contributed by atoms with Gasteiger partial charge in [-0.25, -0.2) is 4.79 Å². The van der Waals surface area contributed by atoms with Crippen LogP contribution in [-0.4, -0.2) is 25.0 Å². The number of ether oxygens (including phenoxy) is 1. The van der Waals surface area contributed by atoms with Crippen LogP contribution in [-0.2, 0) is 20.7 Å². The molecule has 0 radical (unpaired) electrons. The van der Waals surface area contributed by atoms with Crippen molar-refractivity contribution < 1.29 is 14.3 Å². The summed E-state index contributed by atoms with van der Waals surface area (Å²) in [5.41, 5.74) is 1.72. The maximum atomic E-state index is 11.9. The van der Waals surface area contributed by atoms with Gasteiger partial charge in [-0.05, 0) is 18.9 Å². The zero-order chi connectivity index (χ0) is 14.3. The molecule has 0 heterocycles. The van der Waals surface area contributed by atoms with Crippen LogP contribution in [0.2, 0.25) is 0 Å². The highest BCUT2D eigenvalue weighted by Crippen LogP contribution is 2.05. The number of rotatable bonds is 6. The Kier molecular flexibility index (Phi) is 5.79. The Morgan fingerprint density at radius 2 is 1.95 bits per heavy atom. The van der Waals surface area contributed by atoms with E-state index in [4.69, 9.17) is 0 Å². The molecule has 0 fully saturated rings. The molecular weight excluding hydrogens is 242 g/mol. The number of hydrogen-bond acceptors (Lipinski definition) is 3. The quantitative estimate of drug-likeness (QED) is 0.628. The second-order valence-electron chi connectivity index (χ2n) is 4.47. The summed E-state index contributed by atoms with van der Waals surface area (Å²) in [7, 11) is 1.30. The molecule has 19 heavy (non-hydrogen) atoms. The predicted molar refractivity (Wildman–Crippen MR) is 73.5 cm³/mol. The highest BCUT2D eigenvalue weighted by atomic mass is 16.5. The van der Waals surface area contributed by atoms with Crippen molar-refractivity contribution in [3.63, 3.8) is 0 Å². The Bertz CT molecular complexity index is 454. The van der Waals surface area contributed by atoms with E-state index < -0.39 is 12.0 Å². The number of nitrogens with one attached hydrogen (secondary N) is 1. The van der Waals surface area contributed by atoms with Gasteiger partial charge in [0.15, 0.2) is 0 Å². The van der Waals surface area contributed by atoms with Crippen molar-refractivity contribution in [2.24, 2.45) is 0 Å². The van der Waals surface area contributed by atoms with Crippen LogP contribution < -0.4 is 5.32 Å². The number of methoxy groups -OCH3 is 1. The summed E-state index contributed by atoms with van der Waals surface area (Å²) in [4.78, 5) is 23.4. The van der Waals surface area contributed by atoms with Crippen LogP contribution in [0.1, 0.15) is 18.9 Å². The third-order valence-corrected chi connectivity index (χ3v) is 2.58. The van der Waals surface area contributed by atoms with Crippen LogP contribution in [0, 0.1) is 0 Å². The standard InChI is InChI=1S/C15H19NO3/c1-11(2)9-13(15(18)19-3)16-14(17)10-12-7-5-4-6-8-12/h4-8,13H,1,9-10H2,2-3H3,(H,16,17)/t13-/m1/s1. The van der Waals surface area contributed by atoms with Gasteiger partial charge in [0, 0.05) is 0 Å². The molecule has 1 amide bonds. The van der Waals surface area contributed by atoms with Gasteiger partial charge in [0.25, 0.3) is 0 Å². The Morgan fingerprint density at radius 1 is 1.32 bits per heavy atom. The summed E-state index contributed by atoms with van der Waals surface area (Å²) in [6, 6.07) is 8.69. The summed E-state index contributed by atoms with van der Waals surface area (Å²) < 4.78 is 4.67. The summed E-state index contributed by atoms with van der Waals surface area (Å²) in [6.45, 7) is 5.55. The van der Waals surface area contributed by atoms with E-state index in [0.29, 0.717) is 6.42 Å². The minimum atomic E-state index is -0.668. The summed E-state index contributed by atoms with van der Waals surface area (Å²) >= 11 is 0. The van der Waals surface area contributed by atoms with Gasteiger partial charge >= 0.3 is 5.97 Å². The van der Waals surface area contributed by atoms with E-state index in [9.17, 15) is 9.59 Å². The smallest absolute Gasteiger partial charge is 0.328 e. The second-order valence-corrected chi connectivity index (χ2v) is 4.47. The summed E-state index contributed by atoms with van der Waals surface area (Å²) in [5, 5.41) is 2.67. The Morgan fingerprint density at radius 3 is 2.47 bits per heavy atom. The van der Waals surface area contributed by atoms with Crippen molar-refractivity contribution in [1.29, 1.82) is 0 Å². The maximum absolute atomic E-state index is 11.9. The molecule has 1 aromatic carbocycles. The monoisotopic (exact) mass is 261 g/mol. The molecule has 1 atom stereocenters. The molecule has 102 valence electrons. The van der Waals surface area contributed by atoms with Crippen LogP contribution in [0.25, 0.3) is 0 Å². The largest absolute Gasteiger partial charge is 0.467 e. The topological polar surface area (TPSA) is 55.4 Å². The van der Waals surface area contributed by atoms with Gasteiger partial charge in [-0.3, -0.25) is 4.79 Å². The van der Waals surface area contributed by atoms with Gasteiger partial charge < -0.3 is 10.1 Å². The van der Waals surface area contributed by atoms with Crippen LogP contribution >= 0.6 is 0 Å². The highest BCUT2D eigenvalue weighted by Gasteiger charge is 2.21. The van der Waals surface area contributed by atoms with E-state index in [-0.39, 0.29) is 12.3 Å². The fourth-order valence-corrected chi connectivity index (χ4v) is 1.71. The normalized spacial score (nSPS) is 11.5. The van der Waals surface area contributed by atoms with E-state index in [2.05, 4.69) is 16.6 Å². The van der Waals surface area contributed by atoms with E-state index >= 15 is 0 Å². The van der Waals surface area contributed by atoms with E-state index in [1.165, 1.54) is 7.11 Å². The molecule has 0 saturated carbocycles. The number of benzene rings is 1. The number of carbonyl (C=O) groups excluding carboxylic acids is 2. The lowest BCUT2D eigenvalue weighted by atomic mass is 10.1. The minimum absolute atomic E-state index is 0.206. The first kappa shape index (κ1) is 15.0. The second kappa shape index (κ2) is 7.36.